The van der Waals surface area contributed by atoms with Gasteiger partial charge in [-0.3, -0.25) is 9.13 Å². The van der Waals surface area contributed by atoms with Crippen molar-refractivity contribution in [3.63, 3.8) is 0 Å². The van der Waals surface area contributed by atoms with Crippen LogP contribution in [-0.4, -0.2) is 15.7 Å². The SMILES string of the molecule is C=CCNCc1ccc2c(c1)n(C)c(=O)n2C. The lowest BCUT2D eigenvalue weighted by molar-refractivity contribution is 0.760. The van der Waals surface area contributed by atoms with Gasteiger partial charge in [0.2, 0.25) is 0 Å². The maximum Gasteiger partial charge on any atom is 0.328 e. The molecule has 0 saturated heterocycles. The lowest BCUT2D eigenvalue weighted by Gasteiger charge is -2.03. The van der Waals surface area contributed by atoms with E-state index < -0.39 is 0 Å². The minimum atomic E-state index is 0.0104. The van der Waals surface area contributed by atoms with Gasteiger partial charge in [-0.2, -0.15) is 0 Å². The summed E-state index contributed by atoms with van der Waals surface area (Å²) in [6.45, 7) is 5.23. The topological polar surface area (TPSA) is 39.0 Å². The molecule has 17 heavy (non-hydrogen) atoms. The highest BCUT2D eigenvalue weighted by Crippen LogP contribution is 2.13. The molecule has 0 fully saturated rings. The first kappa shape index (κ1) is 11.7. The number of benzene rings is 1. The van der Waals surface area contributed by atoms with Crippen molar-refractivity contribution in [2.75, 3.05) is 6.54 Å². The number of nitrogens with zero attached hydrogens (tertiary/aromatic N) is 2. The fourth-order valence-corrected chi connectivity index (χ4v) is 1.98. The molecule has 0 radical (unpaired) electrons. The van der Waals surface area contributed by atoms with E-state index in [1.807, 2.05) is 24.3 Å². The summed E-state index contributed by atoms with van der Waals surface area (Å²) in [4.78, 5) is 11.8. The van der Waals surface area contributed by atoms with Gasteiger partial charge in [-0.15, -0.1) is 6.58 Å². The Balaban J connectivity index is 2.40. The van der Waals surface area contributed by atoms with E-state index in [4.69, 9.17) is 0 Å². The highest BCUT2D eigenvalue weighted by molar-refractivity contribution is 5.76. The molecule has 1 aromatic heterocycles. The second-order valence-corrected chi connectivity index (χ2v) is 4.14. The van der Waals surface area contributed by atoms with Crippen LogP contribution >= 0.6 is 0 Å². The predicted octanol–water partition coefficient (Wildman–Crippen LogP) is 1.15. The Morgan fingerprint density at radius 3 is 2.71 bits per heavy atom. The summed E-state index contributed by atoms with van der Waals surface area (Å²) in [5.41, 5.74) is 3.11. The number of hydrogen-bond donors (Lipinski definition) is 1. The molecule has 0 spiro atoms. The van der Waals surface area contributed by atoms with Crippen LogP contribution in [-0.2, 0) is 20.6 Å². The molecule has 0 aliphatic carbocycles. The molecule has 2 rings (SSSR count). The zero-order valence-electron chi connectivity index (χ0n) is 10.2. The molecule has 0 bridgehead atoms. The first-order valence-corrected chi connectivity index (χ1v) is 5.61. The third kappa shape index (κ3) is 2.03. The van der Waals surface area contributed by atoms with Crippen molar-refractivity contribution >= 4 is 11.0 Å². The van der Waals surface area contributed by atoms with Crippen LogP contribution in [0.25, 0.3) is 11.0 Å². The zero-order chi connectivity index (χ0) is 12.4. The number of fused-ring (bicyclic) bond motifs is 1. The van der Waals surface area contributed by atoms with Gasteiger partial charge in [-0.25, -0.2) is 4.79 Å². The van der Waals surface area contributed by atoms with Crippen molar-refractivity contribution in [3.05, 3.63) is 46.9 Å². The summed E-state index contributed by atoms with van der Waals surface area (Å²) < 4.78 is 3.34. The van der Waals surface area contributed by atoms with Crippen LogP contribution in [0.15, 0.2) is 35.6 Å². The van der Waals surface area contributed by atoms with Crippen molar-refractivity contribution < 1.29 is 0 Å². The highest BCUT2D eigenvalue weighted by atomic mass is 16.1. The molecule has 0 aliphatic rings. The summed E-state index contributed by atoms with van der Waals surface area (Å²) >= 11 is 0. The van der Waals surface area contributed by atoms with E-state index in [0.717, 1.165) is 24.1 Å². The third-order valence-corrected chi connectivity index (χ3v) is 2.95. The Kier molecular flexibility index (Phi) is 3.15. The van der Waals surface area contributed by atoms with E-state index in [1.165, 1.54) is 5.56 Å². The Bertz CT molecular complexity index is 607. The van der Waals surface area contributed by atoms with Crippen molar-refractivity contribution in [3.8, 4) is 0 Å². The van der Waals surface area contributed by atoms with E-state index >= 15 is 0 Å². The Labute approximate surface area is 100 Å². The molecular formula is C13H17N3O. The average molecular weight is 231 g/mol. The van der Waals surface area contributed by atoms with Crippen molar-refractivity contribution in [2.45, 2.75) is 6.54 Å². The molecule has 1 aromatic carbocycles. The second-order valence-electron chi connectivity index (χ2n) is 4.14. The largest absolute Gasteiger partial charge is 0.328 e. The quantitative estimate of drug-likeness (QED) is 0.633. The van der Waals surface area contributed by atoms with Gasteiger partial charge in [0.15, 0.2) is 0 Å². The van der Waals surface area contributed by atoms with Crippen LogP contribution in [0.5, 0.6) is 0 Å². The first-order valence-electron chi connectivity index (χ1n) is 5.61. The van der Waals surface area contributed by atoms with Crippen LogP contribution in [0.4, 0.5) is 0 Å². The van der Waals surface area contributed by atoms with E-state index in [0.29, 0.717) is 0 Å². The van der Waals surface area contributed by atoms with Gasteiger partial charge in [-0.1, -0.05) is 12.1 Å². The highest BCUT2D eigenvalue weighted by Gasteiger charge is 2.07. The number of hydrogen-bond acceptors (Lipinski definition) is 2. The van der Waals surface area contributed by atoms with Gasteiger partial charge in [0, 0.05) is 27.2 Å². The van der Waals surface area contributed by atoms with Crippen molar-refractivity contribution in [1.29, 1.82) is 0 Å². The predicted molar refractivity (Wildman–Crippen MR) is 70.1 cm³/mol. The lowest BCUT2D eigenvalue weighted by Crippen LogP contribution is -2.19. The van der Waals surface area contributed by atoms with Crippen LogP contribution in [0, 0.1) is 0 Å². The maximum absolute atomic E-state index is 11.8. The molecule has 4 nitrogen and oxygen atoms in total. The number of nitrogens with one attached hydrogen (secondary N) is 1. The van der Waals surface area contributed by atoms with Crippen LogP contribution in [0.2, 0.25) is 0 Å². The van der Waals surface area contributed by atoms with E-state index in [2.05, 4.69) is 11.9 Å². The summed E-state index contributed by atoms with van der Waals surface area (Å²) in [5, 5.41) is 3.24. The van der Waals surface area contributed by atoms with Gasteiger partial charge in [0.05, 0.1) is 11.0 Å². The summed E-state index contributed by atoms with van der Waals surface area (Å²) in [5.74, 6) is 0. The van der Waals surface area contributed by atoms with Gasteiger partial charge in [0.1, 0.15) is 0 Å². The summed E-state index contributed by atoms with van der Waals surface area (Å²) in [6.07, 6.45) is 1.83. The minimum absolute atomic E-state index is 0.0104. The molecule has 0 saturated carbocycles. The molecule has 2 aromatic rings. The summed E-state index contributed by atoms with van der Waals surface area (Å²) in [6, 6.07) is 6.08. The monoisotopic (exact) mass is 231 g/mol. The molecule has 90 valence electrons. The zero-order valence-corrected chi connectivity index (χ0v) is 10.2. The molecule has 0 aliphatic heterocycles. The molecule has 4 heteroatoms. The average Bonchev–Trinajstić information content (AvgIpc) is 2.55. The van der Waals surface area contributed by atoms with Crippen LogP contribution < -0.4 is 11.0 Å². The summed E-state index contributed by atoms with van der Waals surface area (Å²) in [7, 11) is 3.59. The Morgan fingerprint density at radius 1 is 1.29 bits per heavy atom. The Hall–Kier alpha value is -1.81. The molecule has 0 unspecified atom stereocenters. The standard InChI is InChI=1S/C13H17N3O/c1-4-7-14-9-10-5-6-11-12(8-10)16(3)13(17)15(11)2/h4-6,8,14H,1,7,9H2,2-3H3. The molecule has 0 amide bonds. The molecular weight excluding hydrogens is 214 g/mol. The third-order valence-electron chi connectivity index (χ3n) is 2.95. The minimum Gasteiger partial charge on any atom is -0.309 e. The van der Waals surface area contributed by atoms with Crippen molar-refractivity contribution in [2.24, 2.45) is 14.1 Å². The van der Waals surface area contributed by atoms with Gasteiger partial charge in [-0.05, 0) is 17.7 Å². The maximum atomic E-state index is 11.8. The number of rotatable bonds is 4. The smallest absolute Gasteiger partial charge is 0.309 e. The molecule has 0 atom stereocenters. The van der Waals surface area contributed by atoms with Gasteiger partial charge < -0.3 is 5.32 Å². The normalized spacial score (nSPS) is 10.9. The van der Waals surface area contributed by atoms with Crippen LogP contribution in [0.1, 0.15) is 5.56 Å². The fraction of sp³-hybridized carbons (Fsp3) is 0.308. The first-order chi connectivity index (χ1) is 8.15. The van der Waals surface area contributed by atoms with Crippen LogP contribution in [0.3, 0.4) is 0 Å². The number of aromatic nitrogens is 2. The number of aryl methyl sites for hydroxylation is 2. The van der Waals surface area contributed by atoms with Gasteiger partial charge >= 0.3 is 5.69 Å². The lowest BCUT2D eigenvalue weighted by atomic mass is 10.2. The van der Waals surface area contributed by atoms with E-state index in [9.17, 15) is 4.79 Å². The van der Waals surface area contributed by atoms with Gasteiger partial charge in [0.25, 0.3) is 0 Å². The Morgan fingerprint density at radius 2 is 2.00 bits per heavy atom. The fourth-order valence-electron chi connectivity index (χ4n) is 1.98. The number of imidazole rings is 1. The van der Waals surface area contributed by atoms with E-state index in [-0.39, 0.29) is 5.69 Å². The molecule has 1 heterocycles. The van der Waals surface area contributed by atoms with E-state index in [1.54, 1.807) is 23.2 Å². The van der Waals surface area contributed by atoms with Crippen molar-refractivity contribution in [1.82, 2.24) is 14.5 Å². The second kappa shape index (κ2) is 4.59. The molecule has 1 N–H and O–H groups in total.